The Morgan fingerprint density at radius 2 is 2.05 bits per heavy atom. The highest BCUT2D eigenvalue weighted by Gasteiger charge is 2.22. The van der Waals surface area contributed by atoms with E-state index >= 15 is 0 Å². The minimum Gasteiger partial charge on any atom is -0.334 e. The van der Waals surface area contributed by atoms with Crippen LogP contribution in [0.2, 0.25) is 5.02 Å². The maximum Gasteiger partial charge on any atom is 0.354 e. The van der Waals surface area contributed by atoms with E-state index in [0.29, 0.717) is 15.2 Å². The van der Waals surface area contributed by atoms with Gasteiger partial charge in [0.1, 0.15) is 6.33 Å². The Bertz CT molecular complexity index is 668. The minimum absolute atomic E-state index is 0.0205. The van der Waals surface area contributed by atoms with Crippen molar-refractivity contribution in [2.24, 2.45) is 5.84 Å². The molecule has 0 saturated carbocycles. The van der Waals surface area contributed by atoms with Gasteiger partial charge >= 0.3 is 5.69 Å². The van der Waals surface area contributed by atoms with E-state index in [1.807, 2.05) is 0 Å². The number of benzene rings is 1. The quantitative estimate of drug-likeness (QED) is 0.436. The molecule has 2 rings (SSSR count). The molecule has 20 heavy (non-hydrogen) atoms. The van der Waals surface area contributed by atoms with Crippen LogP contribution in [0, 0.1) is 10.1 Å². The molecule has 1 aromatic carbocycles. The van der Waals surface area contributed by atoms with Crippen LogP contribution in [0.3, 0.4) is 0 Å². The molecular formula is C10H8BrClN6O2. The summed E-state index contributed by atoms with van der Waals surface area (Å²) in [4.78, 5) is 18.0. The second-order valence-corrected chi connectivity index (χ2v) is 4.84. The summed E-state index contributed by atoms with van der Waals surface area (Å²) in [6.07, 6.45) is 1.16. The van der Waals surface area contributed by atoms with E-state index in [1.165, 1.54) is 0 Å². The van der Waals surface area contributed by atoms with Gasteiger partial charge < -0.3 is 10.7 Å². The fourth-order valence-corrected chi connectivity index (χ4v) is 1.96. The fourth-order valence-electron chi connectivity index (χ4n) is 1.46. The SMILES string of the molecule is NNc1ncnc(Nc2ccc(Cl)c(Br)c2)c1[N+](=O)[O-]. The number of nitrogens with zero attached hydrogens (tertiary/aromatic N) is 3. The summed E-state index contributed by atoms with van der Waals surface area (Å²) >= 11 is 9.14. The van der Waals surface area contributed by atoms with Gasteiger partial charge in [-0.15, -0.1) is 0 Å². The zero-order valence-electron chi connectivity index (χ0n) is 9.80. The van der Waals surface area contributed by atoms with Gasteiger partial charge in [0.25, 0.3) is 0 Å². The van der Waals surface area contributed by atoms with E-state index in [1.54, 1.807) is 18.2 Å². The van der Waals surface area contributed by atoms with Crippen molar-refractivity contribution in [2.75, 3.05) is 10.7 Å². The molecule has 0 amide bonds. The number of anilines is 3. The number of hydrogen-bond acceptors (Lipinski definition) is 7. The second-order valence-electron chi connectivity index (χ2n) is 3.57. The predicted molar refractivity (Wildman–Crippen MR) is 78.9 cm³/mol. The number of nitrogens with two attached hydrogens (primary N) is 1. The van der Waals surface area contributed by atoms with Gasteiger partial charge in [0.15, 0.2) is 0 Å². The Morgan fingerprint density at radius 3 is 2.65 bits per heavy atom. The van der Waals surface area contributed by atoms with Crippen molar-refractivity contribution in [3.8, 4) is 0 Å². The molecule has 0 bridgehead atoms. The third-order valence-electron chi connectivity index (χ3n) is 2.32. The summed E-state index contributed by atoms with van der Waals surface area (Å²) in [5, 5.41) is 14.4. The van der Waals surface area contributed by atoms with Gasteiger partial charge in [-0.2, -0.15) is 0 Å². The lowest BCUT2D eigenvalue weighted by Gasteiger charge is -2.08. The number of nitrogen functional groups attached to an aromatic ring is 1. The Labute approximate surface area is 126 Å². The van der Waals surface area contributed by atoms with E-state index in [0.717, 1.165) is 6.33 Å². The Hall–Kier alpha value is -1.97. The first-order chi connectivity index (χ1) is 9.52. The molecule has 104 valence electrons. The van der Waals surface area contributed by atoms with Crippen molar-refractivity contribution >= 4 is 50.5 Å². The first-order valence-corrected chi connectivity index (χ1v) is 6.38. The Balaban J connectivity index is 2.42. The van der Waals surface area contributed by atoms with Gasteiger partial charge in [-0.05, 0) is 34.1 Å². The Kier molecular flexibility index (Phi) is 4.32. The van der Waals surface area contributed by atoms with Crippen LogP contribution in [0.15, 0.2) is 29.0 Å². The highest BCUT2D eigenvalue weighted by Crippen LogP contribution is 2.32. The van der Waals surface area contributed by atoms with Gasteiger partial charge in [-0.25, -0.2) is 15.8 Å². The molecule has 0 aliphatic rings. The van der Waals surface area contributed by atoms with Gasteiger partial charge in [0, 0.05) is 10.2 Å². The number of hydrogen-bond donors (Lipinski definition) is 3. The lowest BCUT2D eigenvalue weighted by molar-refractivity contribution is -0.383. The molecule has 0 fully saturated rings. The highest BCUT2D eigenvalue weighted by molar-refractivity contribution is 9.10. The molecule has 0 saturated heterocycles. The van der Waals surface area contributed by atoms with Gasteiger partial charge in [-0.3, -0.25) is 10.1 Å². The normalized spacial score (nSPS) is 10.2. The Morgan fingerprint density at radius 1 is 1.35 bits per heavy atom. The summed E-state index contributed by atoms with van der Waals surface area (Å²) in [6, 6.07) is 4.97. The zero-order valence-corrected chi connectivity index (χ0v) is 12.1. The van der Waals surface area contributed by atoms with Crippen molar-refractivity contribution in [2.45, 2.75) is 0 Å². The molecule has 0 aliphatic heterocycles. The maximum absolute atomic E-state index is 11.1. The van der Waals surface area contributed by atoms with Crippen LogP contribution in [0.25, 0.3) is 0 Å². The predicted octanol–water partition coefficient (Wildman–Crippen LogP) is 2.83. The first kappa shape index (κ1) is 14.4. The smallest absolute Gasteiger partial charge is 0.334 e. The minimum atomic E-state index is -0.623. The fraction of sp³-hybridized carbons (Fsp3) is 0. The lowest BCUT2D eigenvalue weighted by Crippen LogP contribution is -2.12. The number of nitrogens with one attached hydrogen (secondary N) is 2. The van der Waals surface area contributed by atoms with Gasteiger partial charge in [0.05, 0.1) is 9.95 Å². The standard InChI is InChI=1S/C10H8BrClN6O2/c11-6-3-5(1-2-7(6)12)16-9-8(18(19)20)10(17-13)15-4-14-9/h1-4H,13H2,(H2,14,15,16,17). The topological polar surface area (TPSA) is 119 Å². The highest BCUT2D eigenvalue weighted by atomic mass is 79.9. The molecule has 10 heteroatoms. The van der Waals surface area contributed by atoms with E-state index in [9.17, 15) is 10.1 Å². The third-order valence-corrected chi connectivity index (χ3v) is 3.54. The summed E-state index contributed by atoms with van der Waals surface area (Å²) in [6.45, 7) is 0. The van der Waals surface area contributed by atoms with Crippen LogP contribution < -0.4 is 16.6 Å². The van der Waals surface area contributed by atoms with Crippen LogP contribution in [0.4, 0.5) is 23.0 Å². The van der Waals surface area contributed by atoms with Crippen LogP contribution in [0.5, 0.6) is 0 Å². The van der Waals surface area contributed by atoms with Crippen molar-refractivity contribution in [3.05, 3.63) is 44.1 Å². The van der Waals surface area contributed by atoms with E-state index < -0.39 is 4.92 Å². The maximum atomic E-state index is 11.1. The summed E-state index contributed by atoms with van der Waals surface area (Å²) in [5.74, 6) is 5.13. The third kappa shape index (κ3) is 2.95. The summed E-state index contributed by atoms with van der Waals surface area (Å²) < 4.78 is 0.651. The molecule has 0 atom stereocenters. The molecule has 0 unspecified atom stereocenters. The van der Waals surface area contributed by atoms with Crippen LogP contribution >= 0.6 is 27.5 Å². The number of aromatic nitrogens is 2. The molecule has 1 heterocycles. The number of nitro groups is 1. The molecule has 0 aliphatic carbocycles. The van der Waals surface area contributed by atoms with Crippen molar-refractivity contribution < 1.29 is 4.92 Å². The summed E-state index contributed by atoms with van der Waals surface area (Å²) in [5.41, 5.74) is 2.39. The molecule has 4 N–H and O–H groups in total. The van der Waals surface area contributed by atoms with Crippen LogP contribution in [0.1, 0.15) is 0 Å². The van der Waals surface area contributed by atoms with Gasteiger partial charge in [-0.1, -0.05) is 11.6 Å². The first-order valence-electron chi connectivity index (χ1n) is 5.21. The van der Waals surface area contributed by atoms with E-state index in [2.05, 4.69) is 36.6 Å². The van der Waals surface area contributed by atoms with Crippen LogP contribution in [-0.4, -0.2) is 14.9 Å². The molecule has 0 spiro atoms. The molecule has 0 radical (unpaired) electrons. The zero-order chi connectivity index (χ0) is 14.7. The van der Waals surface area contributed by atoms with Crippen molar-refractivity contribution in [1.29, 1.82) is 0 Å². The van der Waals surface area contributed by atoms with E-state index in [4.69, 9.17) is 17.4 Å². The monoisotopic (exact) mass is 358 g/mol. The number of hydrazine groups is 1. The number of rotatable bonds is 4. The van der Waals surface area contributed by atoms with Crippen molar-refractivity contribution in [3.63, 3.8) is 0 Å². The average molecular weight is 360 g/mol. The van der Waals surface area contributed by atoms with Gasteiger partial charge in [0.2, 0.25) is 11.6 Å². The largest absolute Gasteiger partial charge is 0.354 e. The lowest BCUT2D eigenvalue weighted by atomic mass is 10.3. The van der Waals surface area contributed by atoms with Crippen molar-refractivity contribution in [1.82, 2.24) is 9.97 Å². The average Bonchev–Trinajstić information content (AvgIpc) is 2.42. The summed E-state index contributed by atoms with van der Waals surface area (Å²) in [7, 11) is 0. The van der Waals surface area contributed by atoms with Crippen LogP contribution in [-0.2, 0) is 0 Å². The second kappa shape index (κ2) is 5.99. The van der Waals surface area contributed by atoms with E-state index in [-0.39, 0.29) is 17.3 Å². The molecule has 1 aromatic heterocycles. The number of halogens is 2. The molecule has 2 aromatic rings. The molecular weight excluding hydrogens is 352 g/mol. The molecule has 8 nitrogen and oxygen atoms in total.